The van der Waals surface area contributed by atoms with E-state index in [2.05, 4.69) is 62.7 Å². The van der Waals surface area contributed by atoms with Gasteiger partial charge in [0.1, 0.15) is 24.0 Å². The van der Waals surface area contributed by atoms with Gasteiger partial charge in [-0.1, -0.05) is 96.4 Å². The second-order valence-electron chi connectivity index (χ2n) is 19.2. The molecule has 1 heterocycles. The number of carbonyl (C=O) groups is 4. The van der Waals surface area contributed by atoms with E-state index < -0.39 is 67.7 Å². The highest BCUT2D eigenvalue weighted by Gasteiger charge is 2.50. The van der Waals surface area contributed by atoms with Crippen LogP contribution in [0, 0.1) is 17.8 Å². The van der Waals surface area contributed by atoms with Crippen molar-refractivity contribution in [1.82, 2.24) is 5.32 Å². The molecule has 1 aliphatic heterocycles. The van der Waals surface area contributed by atoms with Crippen LogP contribution < -0.4 is 10.1 Å². The third-order valence-electron chi connectivity index (χ3n) is 11.8. The SMILES string of the molecule is CC#CCOc1ccc(C[C@H](NC(=O)[C@@H](/C=C/CCCCCCC2(CCCCCCC)OCCO2)C(O)(CCO[Si](C)(C)C(C)(C)C)C(=O)OC(C)(C)C)C(=O)OCC(=O)OC)cc1. The molecule has 14 heteroatoms. The Labute approximate surface area is 385 Å². The molecule has 1 saturated heterocycles. The molecule has 0 aliphatic carbocycles. The molecule has 1 aromatic rings. The van der Waals surface area contributed by atoms with Crippen molar-refractivity contribution in [1.29, 1.82) is 0 Å². The number of rotatable bonds is 29. The first kappa shape index (κ1) is 56.4. The van der Waals surface area contributed by atoms with Gasteiger partial charge in [-0.3, -0.25) is 4.79 Å². The first-order valence-corrected chi connectivity index (χ1v) is 26.2. The van der Waals surface area contributed by atoms with Crippen molar-refractivity contribution in [2.24, 2.45) is 5.92 Å². The Morgan fingerprint density at radius 1 is 0.922 bits per heavy atom. The number of esters is 3. The summed E-state index contributed by atoms with van der Waals surface area (Å²) in [6.07, 6.45) is 14.9. The van der Waals surface area contributed by atoms with E-state index in [-0.39, 0.29) is 31.1 Å². The third-order valence-corrected chi connectivity index (χ3v) is 16.3. The van der Waals surface area contributed by atoms with Gasteiger partial charge in [0, 0.05) is 32.3 Å². The van der Waals surface area contributed by atoms with Crippen LogP contribution in [0.1, 0.15) is 144 Å². The average molecular weight is 916 g/mol. The lowest BCUT2D eigenvalue weighted by atomic mass is 9.82. The summed E-state index contributed by atoms with van der Waals surface area (Å²) in [4.78, 5) is 54.4. The molecule has 0 bridgehead atoms. The number of hydrogen-bond donors (Lipinski definition) is 2. The maximum absolute atomic E-state index is 14.6. The number of ether oxygens (including phenoxy) is 6. The fourth-order valence-electron chi connectivity index (χ4n) is 6.94. The van der Waals surface area contributed by atoms with Crippen molar-refractivity contribution in [2.45, 2.75) is 186 Å². The van der Waals surface area contributed by atoms with E-state index in [1.165, 1.54) is 38.9 Å². The van der Waals surface area contributed by atoms with E-state index in [1.807, 2.05) is 0 Å². The van der Waals surface area contributed by atoms with E-state index in [0.29, 0.717) is 30.9 Å². The molecule has 0 radical (unpaired) electrons. The van der Waals surface area contributed by atoms with Gasteiger partial charge in [0.05, 0.1) is 26.2 Å². The zero-order valence-electron chi connectivity index (χ0n) is 41.0. The zero-order valence-corrected chi connectivity index (χ0v) is 42.0. The van der Waals surface area contributed by atoms with Crippen LogP contribution in [-0.4, -0.2) is 100 Å². The molecule has 0 spiro atoms. The van der Waals surface area contributed by atoms with Crippen molar-refractivity contribution >= 4 is 32.1 Å². The minimum absolute atomic E-state index is 0.0274. The lowest BCUT2D eigenvalue weighted by Crippen LogP contribution is -2.57. The van der Waals surface area contributed by atoms with Crippen molar-refractivity contribution in [2.75, 3.05) is 40.1 Å². The van der Waals surface area contributed by atoms with Gasteiger partial charge in [0.15, 0.2) is 26.3 Å². The average Bonchev–Trinajstić information content (AvgIpc) is 3.69. The largest absolute Gasteiger partial charge is 0.481 e. The van der Waals surface area contributed by atoms with E-state index in [9.17, 15) is 24.3 Å². The molecular formula is C50H81NO12Si. The zero-order chi connectivity index (χ0) is 47.9. The molecule has 3 atom stereocenters. The lowest BCUT2D eigenvalue weighted by Gasteiger charge is -2.38. The molecule has 2 N–H and O–H groups in total. The Kier molecular flexibility index (Phi) is 24.4. The summed E-state index contributed by atoms with van der Waals surface area (Å²) in [5.41, 5.74) is -2.77. The van der Waals surface area contributed by atoms with Crippen LogP contribution >= 0.6 is 0 Å². The smallest absolute Gasteiger partial charge is 0.344 e. The van der Waals surface area contributed by atoms with E-state index in [4.69, 9.17) is 28.1 Å². The molecule has 1 aromatic carbocycles. The molecule has 0 aromatic heterocycles. The van der Waals surface area contributed by atoms with Gasteiger partial charge in [0.2, 0.25) is 5.91 Å². The fourth-order valence-corrected chi connectivity index (χ4v) is 7.98. The number of methoxy groups -OCH3 is 1. The summed E-state index contributed by atoms with van der Waals surface area (Å²) in [6, 6.07) is 5.56. The Hall–Kier alpha value is -3.74. The van der Waals surface area contributed by atoms with Gasteiger partial charge < -0.3 is 43.3 Å². The van der Waals surface area contributed by atoms with E-state index in [0.717, 1.165) is 44.9 Å². The van der Waals surface area contributed by atoms with Crippen molar-refractivity contribution in [3.05, 3.63) is 42.0 Å². The van der Waals surface area contributed by atoms with Gasteiger partial charge in [-0.25, -0.2) is 14.4 Å². The van der Waals surface area contributed by atoms with Gasteiger partial charge in [-0.2, -0.15) is 0 Å². The first-order valence-electron chi connectivity index (χ1n) is 23.3. The fraction of sp³-hybridized carbons (Fsp3) is 0.720. The number of unbranched alkanes of at least 4 members (excludes halogenated alkanes) is 8. The molecular weight excluding hydrogens is 835 g/mol. The molecule has 64 heavy (non-hydrogen) atoms. The highest BCUT2D eigenvalue weighted by atomic mass is 28.4. The lowest BCUT2D eigenvalue weighted by molar-refractivity contribution is -0.185. The first-order chi connectivity index (χ1) is 30.1. The van der Waals surface area contributed by atoms with Crippen LogP contribution in [-0.2, 0) is 53.7 Å². The molecule has 1 aliphatic rings. The second kappa shape index (κ2) is 27.7. The van der Waals surface area contributed by atoms with E-state index in [1.54, 1.807) is 58.0 Å². The Morgan fingerprint density at radius 2 is 1.53 bits per heavy atom. The van der Waals surface area contributed by atoms with Crippen molar-refractivity contribution in [3.8, 4) is 17.6 Å². The number of amides is 1. The van der Waals surface area contributed by atoms with Gasteiger partial charge >= 0.3 is 17.9 Å². The summed E-state index contributed by atoms with van der Waals surface area (Å²) in [5.74, 6) is 0.670. The Bertz CT molecular complexity index is 1660. The van der Waals surface area contributed by atoms with Crippen LogP contribution in [0.3, 0.4) is 0 Å². The standard InChI is InChI=1S/C50H81NO12Si/c1-12-14-16-20-23-30-49(60-35-36-61-49)31-24-21-18-17-19-22-25-41(50(56,46(55)63-47(3,4)5)32-34-62-64(10,11)48(6,7)8)44(53)51-42(45(54)59-38-43(52)57-9)37-39-26-28-40(29-27-39)58-33-15-13-2/h22,25-29,41-42,56H,12,14,16-21,23-24,30-38H2,1-11H3,(H,51,53)/b25-22+/t41-,42+,50?/m1/s1. The number of nitrogens with one attached hydrogen (secondary N) is 1. The summed E-state index contributed by atoms with van der Waals surface area (Å²) < 4.78 is 40.0. The second-order valence-corrected chi connectivity index (χ2v) is 24.0. The maximum Gasteiger partial charge on any atom is 0.344 e. The number of aliphatic hydroxyl groups is 1. The number of benzene rings is 1. The maximum atomic E-state index is 14.6. The monoisotopic (exact) mass is 916 g/mol. The summed E-state index contributed by atoms with van der Waals surface area (Å²) in [5, 5.41) is 15.2. The molecule has 13 nitrogen and oxygen atoms in total. The molecule has 2 rings (SSSR count). The highest BCUT2D eigenvalue weighted by molar-refractivity contribution is 6.74. The van der Waals surface area contributed by atoms with Gasteiger partial charge in [0.25, 0.3) is 0 Å². The molecule has 1 unspecified atom stereocenters. The predicted octanol–water partition coefficient (Wildman–Crippen LogP) is 8.93. The van der Waals surface area contributed by atoms with Crippen molar-refractivity contribution < 1.29 is 57.1 Å². The Morgan fingerprint density at radius 3 is 2.09 bits per heavy atom. The molecule has 0 saturated carbocycles. The summed E-state index contributed by atoms with van der Waals surface area (Å²) in [7, 11) is -1.19. The predicted molar refractivity (Wildman–Crippen MR) is 251 cm³/mol. The quantitative estimate of drug-likeness (QED) is 0.0196. The number of carbonyl (C=O) groups excluding carboxylic acids is 4. The minimum Gasteiger partial charge on any atom is -0.481 e. The van der Waals surface area contributed by atoms with Crippen LogP contribution in [0.15, 0.2) is 36.4 Å². The number of hydrogen-bond acceptors (Lipinski definition) is 12. The third kappa shape index (κ3) is 20.2. The Balaban J connectivity index is 2.40. The van der Waals surface area contributed by atoms with Crippen LogP contribution in [0.4, 0.5) is 0 Å². The van der Waals surface area contributed by atoms with Gasteiger partial charge in [-0.05, 0) is 89.2 Å². The van der Waals surface area contributed by atoms with Crippen LogP contribution in [0.25, 0.3) is 0 Å². The van der Waals surface area contributed by atoms with Crippen LogP contribution in [0.2, 0.25) is 18.1 Å². The normalized spacial score (nSPS) is 15.9. The van der Waals surface area contributed by atoms with Crippen molar-refractivity contribution in [3.63, 3.8) is 0 Å². The van der Waals surface area contributed by atoms with Crippen LogP contribution in [0.5, 0.6) is 5.75 Å². The molecule has 362 valence electrons. The highest BCUT2D eigenvalue weighted by Crippen LogP contribution is 2.38. The summed E-state index contributed by atoms with van der Waals surface area (Å²) >= 11 is 0. The summed E-state index contributed by atoms with van der Waals surface area (Å²) in [6.45, 7) is 20.1. The number of allylic oxidation sites excluding steroid dienone is 1. The van der Waals surface area contributed by atoms with Gasteiger partial charge in [-0.15, -0.1) is 5.92 Å². The topological polar surface area (TPSA) is 165 Å². The molecule has 1 fully saturated rings. The molecule has 1 amide bonds. The minimum atomic E-state index is -2.40. The van der Waals surface area contributed by atoms with E-state index >= 15 is 0 Å².